The normalized spacial score (nSPS) is 30.3. The predicted molar refractivity (Wildman–Crippen MR) is 88.3 cm³/mol. The Kier molecular flexibility index (Phi) is 4.24. The van der Waals surface area contributed by atoms with E-state index in [4.69, 9.17) is 4.74 Å². The Bertz CT molecular complexity index is 634. The summed E-state index contributed by atoms with van der Waals surface area (Å²) >= 11 is 0. The van der Waals surface area contributed by atoms with Crippen molar-refractivity contribution >= 4 is 0 Å². The van der Waals surface area contributed by atoms with Gasteiger partial charge in [0.25, 0.3) is 0 Å². The molecule has 1 saturated heterocycles. The molecule has 1 saturated carbocycles. The van der Waals surface area contributed by atoms with Crippen LogP contribution in [0.2, 0.25) is 0 Å². The number of hydrogen-bond acceptors (Lipinski definition) is 3. The first-order valence-corrected chi connectivity index (χ1v) is 8.37. The van der Waals surface area contributed by atoms with Crippen LogP contribution in [-0.4, -0.2) is 12.7 Å². The van der Waals surface area contributed by atoms with Gasteiger partial charge in [-0.1, -0.05) is 55.7 Å². The average molecular weight is 306 g/mol. The van der Waals surface area contributed by atoms with E-state index in [2.05, 4.69) is 18.7 Å². The summed E-state index contributed by atoms with van der Waals surface area (Å²) in [7, 11) is 0. The Labute approximate surface area is 138 Å². The highest BCUT2D eigenvalue weighted by molar-refractivity contribution is 5.45. The van der Waals surface area contributed by atoms with Crippen molar-refractivity contribution < 1.29 is 4.74 Å². The molecule has 0 amide bonds. The number of benzene rings is 1. The molecule has 118 valence electrons. The standard InChI is InChI=1S/C20H22N2O/c1-2-19(17-11-7-4-8-12-17)15-23-18(20(19,13-21)14-22)16-9-5-3-6-10-16/h2,4,7-8,11-12,16,18H,1,3,5-6,9-10,15H2/t18-,19+/m1/s1. The Balaban J connectivity index is 2.09. The van der Waals surface area contributed by atoms with Gasteiger partial charge in [0.05, 0.1) is 30.3 Å². The molecule has 2 aliphatic rings. The highest BCUT2D eigenvalue weighted by atomic mass is 16.5. The zero-order valence-electron chi connectivity index (χ0n) is 13.4. The van der Waals surface area contributed by atoms with Crippen molar-refractivity contribution in [2.24, 2.45) is 11.3 Å². The van der Waals surface area contributed by atoms with E-state index in [0.29, 0.717) is 6.61 Å². The first kappa shape index (κ1) is 15.8. The molecule has 3 nitrogen and oxygen atoms in total. The zero-order valence-corrected chi connectivity index (χ0v) is 13.4. The summed E-state index contributed by atoms with van der Waals surface area (Å²) in [6, 6.07) is 14.5. The van der Waals surface area contributed by atoms with Gasteiger partial charge in [-0.25, -0.2) is 0 Å². The van der Waals surface area contributed by atoms with Gasteiger partial charge in [0.2, 0.25) is 0 Å². The minimum absolute atomic E-state index is 0.286. The summed E-state index contributed by atoms with van der Waals surface area (Å²) < 4.78 is 6.14. The molecule has 2 fully saturated rings. The molecule has 2 atom stereocenters. The van der Waals surface area contributed by atoms with Crippen LogP contribution in [-0.2, 0) is 10.2 Å². The lowest BCUT2D eigenvalue weighted by atomic mass is 9.58. The molecule has 1 aliphatic heterocycles. The zero-order chi connectivity index (χ0) is 16.3. The topological polar surface area (TPSA) is 56.8 Å². The van der Waals surface area contributed by atoms with Crippen molar-refractivity contribution in [3.8, 4) is 12.1 Å². The maximum Gasteiger partial charge on any atom is 0.185 e. The maximum atomic E-state index is 10.0. The van der Waals surface area contributed by atoms with Gasteiger partial charge in [-0.2, -0.15) is 10.5 Å². The summed E-state index contributed by atoms with van der Waals surface area (Å²) in [6.07, 6.45) is 7.05. The fourth-order valence-corrected chi connectivity index (χ4v) is 4.38. The second kappa shape index (κ2) is 6.19. The molecule has 3 rings (SSSR count). The molecule has 1 aromatic carbocycles. The minimum atomic E-state index is -1.21. The largest absolute Gasteiger partial charge is 0.374 e. The lowest BCUT2D eigenvalue weighted by molar-refractivity contribution is 0.0223. The number of nitriles is 2. The van der Waals surface area contributed by atoms with Crippen molar-refractivity contribution in [3.05, 3.63) is 48.6 Å². The second-order valence-corrected chi connectivity index (χ2v) is 6.70. The summed E-state index contributed by atoms with van der Waals surface area (Å²) in [6.45, 7) is 4.33. The highest BCUT2D eigenvalue weighted by Gasteiger charge is 2.64. The number of rotatable bonds is 3. The van der Waals surface area contributed by atoms with Crippen molar-refractivity contribution in [3.63, 3.8) is 0 Å². The summed E-state index contributed by atoms with van der Waals surface area (Å²) in [5.74, 6) is 0.286. The first-order chi connectivity index (χ1) is 11.2. The van der Waals surface area contributed by atoms with Crippen LogP contribution in [0.3, 0.4) is 0 Å². The van der Waals surface area contributed by atoms with E-state index in [9.17, 15) is 10.5 Å². The minimum Gasteiger partial charge on any atom is -0.374 e. The van der Waals surface area contributed by atoms with E-state index in [0.717, 1.165) is 31.2 Å². The van der Waals surface area contributed by atoms with E-state index in [-0.39, 0.29) is 12.0 Å². The molecule has 0 unspecified atom stereocenters. The third-order valence-corrected chi connectivity index (χ3v) is 5.69. The maximum absolute atomic E-state index is 10.0. The third kappa shape index (κ3) is 2.19. The molecule has 0 radical (unpaired) electrons. The van der Waals surface area contributed by atoms with Crippen LogP contribution in [0.4, 0.5) is 0 Å². The van der Waals surface area contributed by atoms with Crippen LogP contribution in [0.1, 0.15) is 37.7 Å². The molecule has 1 aliphatic carbocycles. The summed E-state index contributed by atoms with van der Waals surface area (Å²) in [4.78, 5) is 0. The van der Waals surface area contributed by atoms with Gasteiger partial charge in [-0.05, 0) is 24.3 Å². The Hall–Kier alpha value is -2.10. The van der Waals surface area contributed by atoms with E-state index in [1.807, 2.05) is 30.3 Å². The Morgan fingerprint density at radius 1 is 1.09 bits per heavy atom. The third-order valence-electron chi connectivity index (χ3n) is 5.69. The van der Waals surface area contributed by atoms with E-state index in [1.54, 1.807) is 6.08 Å². The van der Waals surface area contributed by atoms with E-state index >= 15 is 0 Å². The molecule has 23 heavy (non-hydrogen) atoms. The van der Waals surface area contributed by atoms with Crippen LogP contribution >= 0.6 is 0 Å². The van der Waals surface area contributed by atoms with Gasteiger partial charge < -0.3 is 4.74 Å². The molecule has 0 aromatic heterocycles. The summed E-state index contributed by atoms with van der Waals surface area (Å²) in [5, 5.41) is 20.1. The average Bonchev–Trinajstić information content (AvgIpc) is 2.98. The van der Waals surface area contributed by atoms with Crippen molar-refractivity contribution in [2.45, 2.75) is 43.6 Å². The molecule has 0 spiro atoms. The van der Waals surface area contributed by atoms with Gasteiger partial charge in [0.15, 0.2) is 5.41 Å². The molecular formula is C20H22N2O. The van der Waals surface area contributed by atoms with Crippen LogP contribution < -0.4 is 0 Å². The fraction of sp³-hybridized carbons (Fsp3) is 0.500. The first-order valence-electron chi connectivity index (χ1n) is 8.37. The van der Waals surface area contributed by atoms with Gasteiger partial charge >= 0.3 is 0 Å². The molecule has 1 aromatic rings. The van der Waals surface area contributed by atoms with E-state index < -0.39 is 10.8 Å². The smallest absolute Gasteiger partial charge is 0.185 e. The fourth-order valence-electron chi connectivity index (χ4n) is 4.38. The molecule has 0 bridgehead atoms. The van der Waals surface area contributed by atoms with Gasteiger partial charge in [0.1, 0.15) is 0 Å². The lowest BCUT2D eigenvalue weighted by Crippen LogP contribution is -2.47. The van der Waals surface area contributed by atoms with Gasteiger partial charge in [-0.15, -0.1) is 6.58 Å². The van der Waals surface area contributed by atoms with Gasteiger partial charge in [-0.3, -0.25) is 0 Å². The van der Waals surface area contributed by atoms with Crippen LogP contribution in [0.15, 0.2) is 43.0 Å². The Morgan fingerprint density at radius 2 is 1.74 bits per heavy atom. The lowest BCUT2D eigenvalue weighted by Gasteiger charge is -2.38. The van der Waals surface area contributed by atoms with E-state index in [1.165, 1.54) is 6.42 Å². The SMILES string of the molecule is C=C[C@@]1(c2ccccc2)CO[C@H](C2CCCCC2)C1(C#N)C#N. The second-order valence-electron chi connectivity index (χ2n) is 6.70. The number of hydrogen-bond donors (Lipinski definition) is 0. The predicted octanol–water partition coefficient (Wildman–Crippen LogP) is 4.12. The molecule has 0 N–H and O–H groups in total. The number of ether oxygens (including phenoxy) is 1. The monoisotopic (exact) mass is 306 g/mol. The van der Waals surface area contributed by atoms with Gasteiger partial charge in [0, 0.05) is 0 Å². The highest BCUT2D eigenvalue weighted by Crippen LogP contribution is 2.54. The van der Waals surface area contributed by atoms with Crippen LogP contribution in [0.25, 0.3) is 0 Å². The molecule has 1 heterocycles. The van der Waals surface area contributed by atoms with Crippen molar-refractivity contribution in [1.29, 1.82) is 10.5 Å². The molecular weight excluding hydrogens is 284 g/mol. The van der Waals surface area contributed by atoms with Crippen molar-refractivity contribution in [1.82, 2.24) is 0 Å². The van der Waals surface area contributed by atoms with Crippen LogP contribution in [0.5, 0.6) is 0 Å². The van der Waals surface area contributed by atoms with Crippen molar-refractivity contribution in [2.75, 3.05) is 6.61 Å². The Morgan fingerprint density at radius 3 is 2.30 bits per heavy atom. The summed E-state index contributed by atoms with van der Waals surface area (Å²) in [5.41, 5.74) is -1.03. The van der Waals surface area contributed by atoms with Crippen LogP contribution in [0, 0.1) is 34.0 Å². The molecule has 3 heteroatoms. The quantitative estimate of drug-likeness (QED) is 0.789. The number of nitrogens with zero attached hydrogens (tertiary/aromatic N) is 2.